The zero-order valence-corrected chi connectivity index (χ0v) is 16.7. The van der Waals surface area contributed by atoms with E-state index in [1.54, 1.807) is 4.90 Å². The predicted molar refractivity (Wildman–Crippen MR) is 117 cm³/mol. The summed E-state index contributed by atoms with van der Waals surface area (Å²) in [4.78, 5) is 26.7. The second kappa shape index (κ2) is 10.2. The highest BCUT2D eigenvalue weighted by Gasteiger charge is 2.15. The summed E-state index contributed by atoms with van der Waals surface area (Å²) in [5.41, 5.74) is 3.64. The van der Waals surface area contributed by atoms with Crippen LogP contribution in [0.5, 0.6) is 0 Å². The Morgan fingerprint density at radius 2 is 1.41 bits per heavy atom. The van der Waals surface area contributed by atoms with Gasteiger partial charge in [0.1, 0.15) is 0 Å². The lowest BCUT2D eigenvalue weighted by Crippen LogP contribution is -2.30. The first kappa shape index (κ1) is 20.3. The lowest BCUT2D eigenvalue weighted by molar-refractivity contribution is -0.121. The SMILES string of the molecule is CCN(C(=O)c1ccc(CNC(=O)CCc2ccccc2)cc1)c1ccccc1. The zero-order chi connectivity index (χ0) is 20.5. The molecule has 3 aromatic carbocycles. The molecule has 0 aliphatic heterocycles. The Hall–Kier alpha value is -3.40. The third-order valence-corrected chi connectivity index (χ3v) is 4.80. The van der Waals surface area contributed by atoms with Gasteiger partial charge in [-0.1, -0.05) is 60.7 Å². The average Bonchev–Trinajstić information content (AvgIpc) is 2.78. The van der Waals surface area contributed by atoms with Crippen LogP contribution < -0.4 is 10.2 Å². The fourth-order valence-electron chi connectivity index (χ4n) is 3.16. The molecule has 0 fully saturated rings. The number of nitrogens with one attached hydrogen (secondary N) is 1. The second-order valence-corrected chi connectivity index (χ2v) is 6.84. The van der Waals surface area contributed by atoms with Gasteiger partial charge in [0.2, 0.25) is 5.91 Å². The highest BCUT2D eigenvalue weighted by atomic mass is 16.2. The lowest BCUT2D eigenvalue weighted by Gasteiger charge is -2.21. The average molecular weight is 386 g/mol. The minimum absolute atomic E-state index is 0.0234. The van der Waals surface area contributed by atoms with E-state index in [4.69, 9.17) is 0 Å². The minimum atomic E-state index is -0.0304. The van der Waals surface area contributed by atoms with Crippen LogP contribution in [-0.2, 0) is 17.8 Å². The molecule has 0 spiro atoms. The van der Waals surface area contributed by atoms with E-state index >= 15 is 0 Å². The van der Waals surface area contributed by atoms with E-state index in [9.17, 15) is 9.59 Å². The molecule has 0 radical (unpaired) electrons. The van der Waals surface area contributed by atoms with Crippen molar-refractivity contribution in [2.24, 2.45) is 0 Å². The van der Waals surface area contributed by atoms with Crippen LogP contribution in [0, 0.1) is 0 Å². The van der Waals surface area contributed by atoms with Crippen molar-refractivity contribution >= 4 is 17.5 Å². The Balaban J connectivity index is 1.53. The summed E-state index contributed by atoms with van der Waals surface area (Å²) in [7, 11) is 0. The molecule has 0 bridgehead atoms. The molecule has 4 heteroatoms. The number of hydrogen-bond donors (Lipinski definition) is 1. The normalized spacial score (nSPS) is 10.4. The molecule has 0 heterocycles. The van der Waals surface area contributed by atoms with Crippen molar-refractivity contribution in [3.8, 4) is 0 Å². The molecule has 0 unspecified atom stereocenters. The van der Waals surface area contributed by atoms with Crippen LogP contribution in [0.4, 0.5) is 5.69 Å². The number of carbonyl (C=O) groups is 2. The summed E-state index contributed by atoms with van der Waals surface area (Å²) in [5.74, 6) is -0.00705. The largest absolute Gasteiger partial charge is 0.352 e. The van der Waals surface area contributed by atoms with E-state index in [2.05, 4.69) is 5.32 Å². The highest BCUT2D eigenvalue weighted by molar-refractivity contribution is 6.06. The van der Waals surface area contributed by atoms with Crippen molar-refractivity contribution < 1.29 is 9.59 Å². The van der Waals surface area contributed by atoms with Gasteiger partial charge in [-0.25, -0.2) is 0 Å². The summed E-state index contributed by atoms with van der Waals surface area (Å²) in [6, 6.07) is 27.1. The molecule has 3 rings (SSSR count). The van der Waals surface area contributed by atoms with Crippen LogP contribution in [0.25, 0.3) is 0 Å². The number of benzene rings is 3. The first-order chi connectivity index (χ1) is 14.2. The minimum Gasteiger partial charge on any atom is -0.352 e. The maximum absolute atomic E-state index is 12.8. The van der Waals surface area contributed by atoms with Gasteiger partial charge in [0, 0.05) is 30.8 Å². The van der Waals surface area contributed by atoms with Gasteiger partial charge in [0.15, 0.2) is 0 Å². The third kappa shape index (κ3) is 5.79. The van der Waals surface area contributed by atoms with E-state index in [0.29, 0.717) is 25.1 Å². The van der Waals surface area contributed by atoms with Gasteiger partial charge in [-0.05, 0) is 48.7 Å². The number of amides is 2. The van der Waals surface area contributed by atoms with E-state index in [-0.39, 0.29) is 11.8 Å². The molecule has 4 nitrogen and oxygen atoms in total. The van der Waals surface area contributed by atoms with Crippen molar-refractivity contribution in [1.82, 2.24) is 5.32 Å². The van der Waals surface area contributed by atoms with E-state index in [1.807, 2.05) is 91.9 Å². The molecular formula is C25H26N2O2. The molecule has 148 valence electrons. The molecule has 29 heavy (non-hydrogen) atoms. The van der Waals surface area contributed by atoms with Crippen molar-refractivity contribution in [2.75, 3.05) is 11.4 Å². The molecule has 0 aliphatic carbocycles. The molecule has 0 saturated heterocycles. The van der Waals surface area contributed by atoms with Gasteiger partial charge in [0.25, 0.3) is 5.91 Å². The Morgan fingerprint density at radius 3 is 2.03 bits per heavy atom. The molecule has 0 aliphatic rings. The molecule has 0 aromatic heterocycles. The van der Waals surface area contributed by atoms with Crippen molar-refractivity contribution in [1.29, 1.82) is 0 Å². The van der Waals surface area contributed by atoms with Gasteiger partial charge in [-0.3, -0.25) is 9.59 Å². The lowest BCUT2D eigenvalue weighted by atomic mass is 10.1. The summed E-state index contributed by atoms with van der Waals surface area (Å²) < 4.78 is 0. The van der Waals surface area contributed by atoms with E-state index in [1.165, 1.54) is 0 Å². The fraction of sp³-hybridized carbons (Fsp3) is 0.200. The van der Waals surface area contributed by atoms with Gasteiger partial charge in [0.05, 0.1) is 0 Å². The number of hydrogen-bond acceptors (Lipinski definition) is 2. The topological polar surface area (TPSA) is 49.4 Å². The number of para-hydroxylation sites is 1. The molecule has 0 atom stereocenters. The van der Waals surface area contributed by atoms with E-state index < -0.39 is 0 Å². The highest BCUT2D eigenvalue weighted by Crippen LogP contribution is 2.17. The Kier molecular flexibility index (Phi) is 7.17. The maximum atomic E-state index is 12.8. The summed E-state index contributed by atoms with van der Waals surface area (Å²) in [5, 5.41) is 2.94. The number of nitrogens with zero attached hydrogens (tertiary/aromatic N) is 1. The van der Waals surface area contributed by atoms with Crippen LogP contribution in [0.2, 0.25) is 0 Å². The zero-order valence-electron chi connectivity index (χ0n) is 16.7. The Labute approximate surface area is 172 Å². The molecule has 3 aromatic rings. The standard InChI is InChI=1S/C25H26N2O2/c1-2-27(23-11-7-4-8-12-23)25(29)22-16-13-21(14-17-22)19-26-24(28)18-15-20-9-5-3-6-10-20/h3-14,16-17H,2,15,18-19H2,1H3,(H,26,28). The Bertz CT molecular complexity index is 922. The van der Waals surface area contributed by atoms with E-state index in [0.717, 1.165) is 23.2 Å². The first-order valence-electron chi connectivity index (χ1n) is 9.94. The fourth-order valence-corrected chi connectivity index (χ4v) is 3.16. The maximum Gasteiger partial charge on any atom is 0.258 e. The quantitative estimate of drug-likeness (QED) is 0.615. The Morgan fingerprint density at radius 1 is 0.793 bits per heavy atom. The van der Waals surface area contributed by atoms with Crippen molar-refractivity contribution in [3.05, 3.63) is 102 Å². The van der Waals surface area contributed by atoms with Crippen LogP contribution in [0.1, 0.15) is 34.8 Å². The third-order valence-electron chi connectivity index (χ3n) is 4.80. The number of anilines is 1. The molecular weight excluding hydrogens is 360 g/mol. The number of aryl methyl sites for hydroxylation is 1. The number of carbonyl (C=O) groups excluding carboxylic acids is 2. The van der Waals surface area contributed by atoms with Crippen molar-refractivity contribution in [2.45, 2.75) is 26.3 Å². The molecule has 1 N–H and O–H groups in total. The van der Waals surface area contributed by atoms with Gasteiger partial charge in [-0.15, -0.1) is 0 Å². The summed E-state index contributed by atoms with van der Waals surface area (Å²) in [6.07, 6.45) is 1.19. The van der Waals surface area contributed by atoms with Crippen LogP contribution >= 0.6 is 0 Å². The molecule has 0 saturated carbocycles. The predicted octanol–water partition coefficient (Wildman–Crippen LogP) is 4.60. The smallest absolute Gasteiger partial charge is 0.258 e. The summed E-state index contributed by atoms with van der Waals surface area (Å²) >= 11 is 0. The van der Waals surface area contributed by atoms with Crippen LogP contribution in [0.15, 0.2) is 84.9 Å². The summed E-state index contributed by atoms with van der Waals surface area (Å²) in [6.45, 7) is 3.02. The first-order valence-corrected chi connectivity index (χ1v) is 9.94. The van der Waals surface area contributed by atoms with Gasteiger partial charge >= 0.3 is 0 Å². The number of rotatable bonds is 8. The van der Waals surface area contributed by atoms with Crippen molar-refractivity contribution in [3.63, 3.8) is 0 Å². The van der Waals surface area contributed by atoms with Crippen LogP contribution in [0.3, 0.4) is 0 Å². The monoisotopic (exact) mass is 386 g/mol. The second-order valence-electron chi connectivity index (χ2n) is 6.84. The van der Waals surface area contributed by atoms with Gasteiger partial charge in [-0.2, -0.15) is 0 Å². The van der Waals surface area contributed by atoms with Crippen LogP contribution in [-0.4, -0.2) is 18.4 Å². The van der Waals surface area contributed by atoms with Gasteiger partial charge < -0.3 is 10.2 Å². The molecule has 2 amide bonds.